The highest BCUT2D eigenvalue weighted by molar-refractivity contribution is 7.94. The molecule has 0 heterocycles. The highest BCUT2D eigenvalue weighted by Crippen LogP contribution is 2.17. The van der Waals surface area contributed by atoms with Gasteiger partial charge in [-0.3, -0.25) is 0 Å². The number of aliphatic hydroxyl groups excluding tert-OH is 2. The van der Waals surface area contributed by atoms with Crippen molar-refractivity contribution in [2.45, 2.75) is 206 Å². The van der Waals surface area contributed by atoms with Gasteiger partial charge in [-0.25, -0.2) is 9.59 Å². The minimum atomic E-state index is -0.921. The summed E-state index contributed by atoms with van der Waals surface area (Å²) >= 11 is 2.70. The van der Waals surface area contributed by atoms with Gasteiger partial charge in [0.1, 0.15) is 25.4 Å². The molecule has 2 N–H and O–H groups in total. The summed E-state index contributed by atoms with van der Waals surface area (Å²) in [5.41, 5.74) is 0.511. The molecular weight excluding hydrogens is 745 g/mol. The number of carbonyl (C=O) groups excluding carboxylic acids is 2. The van der Waals surface area contributed by atoms with E-state index in [1.54, 1.807) is 0 Å². The van der Waals surface area contributed by atoms with Gasteiger partial charge in [-0.2, -0.15) is 0 Å². The summed E-state index contributed by atoms with van der Waals surface area (Å²) < 4.78 is 21.4. The standard InChI is InChI=1S/C46H82O8S2/c1-3-5-7-9-11-13-15-17-19-21-23-25-27-29-35-55-53-39-43(47)37-51-45(49)41-31-33-42(34-32-41)46(50)52-38-44(48)40-54-56-36-30-28-26-24-22-20-18-16-14-12-10-8-6-4-2/h31-34,43-44,47-48H,3-30,35-40H2,1-2H3. The summed E-state index contributed by atoms with van der Waals surface area (Å²) in [6.45, 7) is 4.33. The lowest BCUT2D eigenvalue weighted by Gasteiger charge is -2.12. The largest absolute Gasteiger partial charge is 0.459 e. The zero-order valence-corrected chi connectivity index (χ0v) is 37.3. The Hall–Kier alpha value is -1.30. The van der Waals surface area contributed by atoms with Crippen LogP contribution < -0.4 is 0 Å². The van der Waals surface area contributed by atoms with E-state index >= 15 is 0 Å². The van der Waals surface area contributed by atoms with E-state index < -0.39 is 24.1 Å². The highest BCUT2D eigenvalue weighted by Gasteiger charge is 2.15. The van der Waals surface area contributed by atoms with Crippen LogP contribution in [0.1, 0.15) is 214 Å². The van der Waals surface area contributed by atoms with Crippen molar-refractivity contribution in [2.24, 2.45) is 0 Å². The Morgan fingerprint density at radius 2 is 0.679 bits per heavy atom. The quantitative estimate of drug-likeness (QED) is 0.0375. The smallest absolute Gasteiger partial charge is 0.338 e. The predicted octanol–water partition coefficient (Wildman–Crippen LogP) is 13.0. The molecule has 10 heteroatoms. The van der Waals surface area contributed by atoms with Gasteiger partial charge < -0.3 is 28.1 Å². The summed E-state index contributed by atoms with van der Waals surface area (Å²) in [6.07, 6.45) is 35.4. The second-order valence-electron chi connectivity index (χ2n) is 15.5. The number of ether oxygens (including phenoxy) is 2. The Morgan fingerprint density at radius 1 is 0.429 bits per heavy atom. The summed E-state index contributed by atoms with van der Waals surface area (Å²) in [4.78, 5) is 24.9. The topological polar surface area (TPSA) is 112 Å². The van der Waals surface area contributed by atoms with E-state index in [0.717, 1.165) is 24.3 Å². The van der Waals surface area contributed by atoms with Gasteiger partial charge in [-0.15, -0.1) is 0 Å². The average molecular weight is 827 g/mol. The summed E-state index contributed by atoms with van der Waals surface area (Å²) in [7, 11) is 0. The number of rotatable bonds is 42. The molecule has 326 valence electrons. The highest BCUT2D eigenvalue weighted by atomic mass is 32.2. The maximum Gasteiger partial charge on any atom is 0.338 e. The second kappa shape index (κ2) is 40.5. The third-order valence-corrected chi connectivity index (χ3v) is 11.5. The average Bonchev–Trinajstić information content (AvgIpc) is 3.21. The molecule has 0 aliphatic carbocycles. The first-order chi connectivity index (χ1) is 27.5. The fourth-order valence-electron chi connectivity index (χ4n) is 6.43. The van der Waals surface area contributed by atoms with Gasteiger partial charge >= 0.3 is 11.9 Å². The molecule has 8 nitrogen and oxygen atoms in total. The Balaban J connectivity index is 1.97. The summed E-state index contributed by atoms with van der Waals surface area (Å²) in [5.74, 6) is 0.562. The molecule has 0 saturated carbocycles. The van der Waals surface area contributed by atoms with Gasteiger partial charge in [0.05, 0.1) is 24.3 Å². The zero-order chi connectivity index (χ0) is 40.6. The predicted molar refractivity (Wildman–Crippen MR) is 236 cm³/mol. The maximum absolute atomic E-state index is 12.4. The van der Waals surface area contributed by atoms with E-state index in [1.165, 1.54) is 215 Å². The van der Waals surface area contributed by atoms with Crippen LogP contribution in [0.5, 0.6) is 0 Å². The number of hydrogen-bond donors (Lipinski definition) is 2. The first kappa shape index (κ1) is 52.7. The van der Waals surface area contributed by atoms with Crippen molar-refractivity contribution in [1.29, 1.82) is 0 Å². The van der Waals surface area contributed by atoms with Crippen LogP contribution in [0.25, 0.3) is 0 Å². The fourth-order valence-corrected chi connectivity index (χ4v) is 7.82. The van der Waals surface area contributed by atoms with Crippen LogP contribution in [0.3, 0.4) is 0 Å². The van der Waals surface area contributed by atoms with Gasteiger partial charge in [0.15, 0.2) is 0 Å². The second-order valence-corrected chi connectivity index (χ2v) is 17.2. The molecule has 0 aliphatic heterocycles. The van der Waals surface area contributed by atoms with Crippen LogP contribution in [-0.4, -0.2) is 72.3 Å². The lowest BCUT2D eigenvalue weighted by Crippen LogP contribution is -2.23. The number of benzene rings is 1. The molecule has 0 spiro atoms. The molecule has 2 unspecified atom stereocenters. The molecule has 0 aliphatic rings. The Labute approximate surface area is 351 Å². The van der Waals surface area contributed by atoms with E-state index in [0.29, 0.717) is 0 Å². The van der Waals surface area contributed by atoms with Gasteiger partial charge in [0, 0.05) is 11.5 Å². The van der Waals surface area contributed by atoms with E-state index in [1.807, 2.05) is 0 Å². The lowest BCUT2D eigenvalue weighted by atomic mass is 10.0. The van der Waals surface area contributed by atoms with Gasteiger partial charge in [0.25, 0.3) is 0 Å². The Bertz CT molecular complexity index is 932. The minimum absolute atomic E-state index is 0.0798. The third kappa shape index (κ3) is 33.6. The molecule has 1 rings (SSSR count). The molecule has 56 heavy (non-hydrogen) atoms. The first-order valence-corrected chi connectivity index (χ1v) is 24.6. The van der Waals surface area contributed by atoms with Crippen LogP contribution in [0.2, 0.25) is 0 Å². The SMILES string of the molecule is CCCCCCCCCCCCCCCCSOCC(O)COC(=O)c1ccc(C(=O)OCC(O)COSCCCCCCCCCCCCCCCC)cc1. The van der Waals surface area contributed by atoms with E-state index in [-0.39, 0.29) is 37.6 Å². The van der Waals surface area contributed by atoms with Crippen molar-refractivity contribution in [2.75, 3.05) is 37.9 Å². The number of aliphatic hydroxyl groups is 2. The van der Waals surface area contributed by atoms with Crippen LogP contribution >= 0.6 is 24.1 Å². The molecule has 0 amide bonds. The van der Waals surface area contributed by atoms with Gasteiger partial charge in [0.2, 0.25) is 0 Å². The van der Waals surface area contributed by atoms with Crippen molar-refractivity contribution in [3.63, 3.8) is 0 Å². The first-order valence-electron chi connectivity index (χ1n) is 22.8. The molecule has 0 bridgehead atoms. The summed E-state index contributed by atoms with van der Waals surface area (Å²) in [6, 6.07) is 5.90. The molecular formula is C46H82O8S2. The Kier molecular flexibility index (Phi) is 38.1. The normalized spacial score (nSPS) is 12.5. The number of carbonyl (C=O) groups is 2. The maximum atomic E-state index is 12.4. The summed E-state index contributed by atoms with van der Waals surface area (Å²) in [5, 5.41) is 20.3. The van der Waals surface area contributed by atoms with Crippen molar-refractivity contribution >= 4 is 36.0 Å². The number of unbranched alkanes of at least 4 members (excludes halogenated alkanes) is 26. The fraction of sp³-hybridized carbons (Fsp3) is 0.826. The third-order valence-electron chi connectivity index (χ3n) is 10.0. The Morgan fingerprint density at radius 3 is 0.946 bits per heavy atom. The number of hydrogen-bond acceptors (Lipinski definition) is 10. The zero-order valence-electron chi connectivity index (χ0n) is 35.7. The van der Waals surface area contributed by atoms with Crippen molar-refractivity contribution in [1.82, 2.24) is 0 Å². The molecule has 0 aromatic heterocycles. The molecule has 1 aromatic carbocycles. The lowest BCUT2D eigenvalue weighted by molar-refractivity contribution is 0.0147. The van der Waals surface area contributed by atoms with Crippen LogP contribution in [0.4, 0.5) is 0 Å². The van der Waals surface area contributed by atoms with E-state index in [4.69, 9.17) is 17.8 Å². The van der Waals surface area contributed by atoms with Crippen LogP contribution in [-0.2, 0) is 17.8 Å². The van der Waals surface area contributed by atoms with E-state index in [9.17, 15) is 19.8 Å². The number of esters is 2. The molecule has 2 atom stereocenters. The monoisotopic (exact) mass is 827 g/mol. The van der Waals surface area contributed by atoms with Crippen LogP contribution in [0.15, 0.2) is 24.3 Å². The molecule has 0 radical (unpaired) electrons. The molecule has 0 fully saturated rings. The van der Waals surface area contributed by atoms with Crippen LogP contribution in [0, 0.1) is 0 Å². The molecule has 0 saturated heterocycles. The van der Waals surface area contributed by atoms with Crippen molar-refractivity contribution in [3.05, 3.63) is 35.4 Å². The molecule has 1 aromatic rings. The van der Waals surface area contributed by atoms with Gasteiger partial charge in [-0.1, -0.05) is 181 Å². The minimum Gasteiger partial charge on any atom is -0.459 e. The van der Waals surface area contributed by atoms with Crippen molar-refractivity contribution < 1.29 is 37.6 Å². The van der Waals surface area contributed by atoms with Crippen molar-refractivity contribution in [3.8, 4) is 0 Å². The van der Waals surface area contributed by atoms with E-state index in [2.05, 4.69) is 13.8 Å². The van der Waals surface area contributed by atoms with Gasteiger partial charge in [-0.05, 0) is 61.2 Å².